The first-order valence-corrected chi connectivity index (χ1v) is 13.3. The van der Waals surface area contributed by atoms with Crippen molar-refractivity contribution in [3.63, 3.8) is 0 Å². The molecule has 0 aromatic heterocycles. The third kappa shape index (κ3) is 9.09. The van der Waals surface area contributed by atoms with Crippen LogP contribution in [0.25, 0.3) is 0 Å². The zero-order valence-corrected chi connectivity index (χ0v) is 22.6. The minimum Gasteiger partial charge on any atom is -0.497 e. The number of nitrogens with one attached hydrogen (secondary N) is 1. The molecule has 0 fully saturated rings. The van der Waals surface area contributed by atoms with Crippen LogP contribution in [-0.2, 0) is 26.0 Å². The molecule has 3 unspecified atom stereocenters. The van der Waals surface area contributed by atoms with E-state index in [1.807, 2.05) is 37.3 Å². The molecule has 2 rings (SSSR count). The summed E-state index contributed by atoms with van der Waals surface area (Å²) in [7, 11) is -2.65. The number of ether oxygens (including phenoxy) is 2. The quantitative estimate of drug-likeness (QED) is 0.406. The number of alkyl carbamates (subject to hydrolysis) is 1. The summed E-state index contributed by atoms with van der Waals surface area (Å²) < 4.78 is 38.2. The number of amides is 1. The van der Waals surface area contributed by atoms with Gasteiger partial charge in [-0.25, -0.2) is 13.2 Å². The van der Waals surface area contributed by atoms with Gasteiger partial charge in [-0.15, -0.1) is 0 Å². The summed E-state index contributed by atoms with van der Waals surface area (Å²) in [5, 5.41) is 13.9. The van der Waals surface area contributed by atoms with E-state index in [-0.39, 0.29) is 11.3 Å². The Morgan fingerprint density at radius 2 is 1.69 bits per heavy atom. The van der Waals surface area contributed by atoms with Gasteiger partial charge in [0.25, 0.3) is 10.0 Å². The highest BCUT2D eigenvalue weighted by Gasteiger charge is 2.33. The van der Waals surface area contributed by atoms with Crippen molar-refractivity contribution in [2.45, 2.75) is 76.2 Å². The Morgan fingerprint density at radius 1 is 1.08 bits per heavy atom. The monoisotopic (exact) mass is 522 g/mol. The van der Waals surface area contributed by atoms with E-state index in [4.69, 9.17) is 14.3 Å². The van der Waals surface area contributed by atoms with Gasteiger partial charge >= 0.3 is 6.09 Å². The molecule has 1 amide bonds. The van der Waals surface area contributed by atoms with Crippen molar-refractivity contribution >= 4 is 16.1 Å². The lowest BCUT2D eigenvalue weighted by atomic mass is 10.0. The zero-order chi connectivity index (χ0) is 26.9. The van der Waals surface area contributed by atoms with Crippen LogP contribution in [0.3, 0.4) is 0 Å². The molecule has 0 bridgehead atoms. The standard InChI is InChI=1S/C26H38N2O7S/c1-7-19(2)35-28(36(31,32)22-15-13-21(33-6)14-16-22)18-24(29)23(17-20-11-9-8-10-12-20)27-25(30)34-26(3,4)5/h8-16,19,23-24,29H,7,17-18H2,1-6H3,(H,27,30). The van der Waals surface area contributed by atoms with Gasteiger partial charge in [-0.05, 0) is 70.4 Å². The van der Waals surface area contributed by atoms with Crippen molar-refractivity contribution in [3.8, 4) is 5.75 Å². The summed E-state index contributed by atoms with van der Waals surface area (Å²) in [6.07, 6.45) is -1.66. The number of aliphatic hydroxyl groups excluding tert-OH is 1. The first kappa shape index (κ1) is 29.6. The topological polar surface area (TPSA) is 114 Å². The molecule has 0 saturated carbocycles. The second kappa shape index (κ2) is 13.0. The Morgan fingerprint density at radius 3 is 2.22 bits per heavy atom. The van der Waals surface area contributed by atoms with Crippen LogP contribution in [0.15, 0.2) is 59.5 Å². The van der Waals surface area contributed by atoms with E-state index >= 15 is 0 Å². The minimum absolute atomic E-state index is 0.0153. The number of rotatable bonds is 12. The molecule has 2 aromatic carbocycles. The number of hydroxylamine groups is 1. The van der Waals surface area contributed by atoms with Gasteiger partial charge in [0, 0.05) is 0 Å². The first-order chi connectivity index (χ1) is 16.9. The van der Waals surface area contributed by atoms with Crippen molar-refractivity contribution in [2.75, 3.05) is 13.7 Å². The van der Waals surface area contributed by atoms with Crippen molar-refractivity contribution in [3.05, 3.63) is 60.2 Å². The largest absolute Gasteiger partial charge is 0.497 e. The maximum atomic E-state index is 13.4. The van der Waals surface area contributed by atoms with Crippen molar-refractivity contribution in [1.29, 1.82) is 0 Å². The molecule has 0 spiro atoms. The Hall–Kier alpha value is -2.66. The van der Waals surface area contributed by atoms with Gasteiger partial charge in [0.15, 0.2) is 0 Å². The molecule has 0 aliphatic carbocycles. The highest BCUT2D eigenvalue weighted by molar-refractivity contribution is 7.89. The van der Waals surface area contributed by atoms with E-state index in [1.165, 1.54) is 31.4 Å². The summed E-state index contributed by atoms with van der Waals surface area (Å²) in [5.74, 6) is 0.507. The maximum absolute atomic E-state index is 13.4. The molecular weight excluding hydrogens is 484 g/mol. The summed E-state index contributed by atoms with van der Waals surface area (Å²) in [6, 6.07) is 14.3. The van der Waals surface area contributed by atoms with E-state index < -0.39 is 46.5 Å². The number of hydrogen-bond acceptors (Lipinski definition) is 7. The molecule has 0 heterocycles. The number of carbonyl (C=O) groups excluding carboxylic acids is 1. The van der Waals surface area contributed by atoms with Crippen molar-refractivity contribution in [1.82, 2.24) is 9.79 Å². The van der Waals surface area contributed by atoms with Gasteiger partial charge in [-0.3, -0.25) is 4.84 Å². The molecule has 0 aliphatic rings. The maximum Gasteiger partial charge on any atom is 0.407 e. The van der Waals surface area contributed by atoms with E-state index in [0.717, 1.165) is 10.0 Å². The highest BCUT2D eigenvalue weighted by atomic mass is 32.2. The van der Waals surface area contributed by atoms with Crippen molar-refractivity contribution in [2.24, 2.45) is 0 Å². The average molecular weight is 523 g/mol. The van der Waals surface area contributed by atoms with Gasteiger partial charge in [-0.2, -0.15) is 0 Å². The number of methoxy groups -OCH3 is 1. The Bertz CT molecular complexity index is 1050. The lowest BCUT2D eigenvalue weighted by Crippen LogP contribution is -2.51. The fraction of sp³-hybridized carbons (Fsp3) is 0.500. The normalized spacial score (nSPS) is 14.7. The lowest BCUT2D eigenvalue weighted by Gasteiger charge is -2.31. The average Bonchev–Trinajstić information content (AvgIpc) is 2.82. The molecular formula is C26H38N2O7S. The Labute approximate surface area is 214 Å². The smallest absolute Gasteiger partial charge is 0.407 e. The van der Waals surface area contributed by atoms with Crippen LogP contribution in [0, 0.1) is 0 Å². The molecule has 0 radical (unpaired) electrons. The van der Waals surface area contributed by atoms with Crippen LogP contribution in [0.2, 0.25) is 0 Å². The molecule has 0 saturated heterocycles. The lowest BCUT2D eigenvalue weighted by molar-refractivity contribution is -0.142. The summed E-state index contributed by atoms with van der Waals surface area (Å²) in [5.41, 5.74) is 0.112. The molecule has 3 atom stereocenters. The van der Waals surface area contributed by atoms with Crippen LogP contribution in [-0.4, -0.2) is 61.6 Å². The molecule has 200 valence electrons. The molecule has 36 heavy (non-hydrogen) atoms. The van der Waals surface area contributed by atoms with E-state index in [1.54, 1.807) is 27.7 Å². The highest BCUT2D eigenvalue weighted by Crippen LogP contribution is 2.22. The third-order valence-corrected chi connectivity index (χ3v) is 6.94. The van der Waals surface area contributed by atoms with Gasteiger partial charge in [0.1, 0.15) is 11.4 Å². The van der Waals surface area contributed by atoms with E-state index in [9.17, 15) is 18.3 Å². The molecule has 2 aromatic rings. The third-order valence-electron chi connectivity index (χ3n) is 5.30. The van der Waals surface area contributed by atoms with Crippen LogP contribution < -0.4 is 10.1 Å². The second-order valence-electron chi connectivity index (χ2n) is 9.50. The van der Waals surface area contributed by atoms with E-state index in [0.29, 0.717) is 12.2 Å². The van der Waals surface area contributed by atoms with Crippen LogP contribution >= 0.6 is 0 Å². The Kier molecular flexibility index (Phi) is 10.7. The number of hydrogen-bond donors (Lipinski definition) is 2. The van der Waals surface area contributed by atoms with Gasteiger partial charge in [-0.1, -0.05) is 41.7 Å². The molecule has 0 aliphatic heterocycles. The van der Waals surface area contributed by atoms with E-state index in [2.05, 4.69) is 5.32 Å². The first-order valence-electron chi connectivity index (χ1n) is 11.9. The van der Waals surface area contributed by atoms with Gasteiger partial charge < -0.3 is 19.9 Å². The predicted molar refractivity (Wildman–Crippen MR) is 137 cm³/mol. The van der Waals surface area contributed by atoms with Gasteiger partial charge in [0.05, 0.1) is 36.8 Å². The van der Waals surface area contributed by atoms with Crippen LogP contribution in [0.4, 0.5) is 4.79 Å². The number of carbonyl (C=O) groups is 1. The van der Waals surface area contributed by atoms with Crippen molar-refractivity contribution < 1.29 is 32.6 Å². The number of benzene rings is 2. The number of nitrogens with zero attached hydrogens (tertiary/aromatic N) is 1. The second-order valence-corrected chi connectivity index (χ2v) is 11.3. The Balaban J connectivity index is 2.33. The molecule has 10 heteroatoms. The summed E-state index contributed by atoms with van der Waals surface area (Å²) in [6.45, 7) is 8.39. The molecule has 2 N–H and O–H groups in total. The predicted octanol–water partition coefficient (Wildman–Crippen LogP) is 3.91. The fourth-order valence-electron chi connectivity index (χ4n) is 3.23. The number of aliphatic hydroxyl groups is 1. The molecule has 9 nitrogen and oxygen atoms in total. The number of sulfonamides is 1. The zero-order valence-electron chi connectivity index (χ0n) is 21.8. The fourth-order valence-corrected chi connectivity index (χ4v) is 4.55. The summed E-state index contributed by atoms with van der Waals surface area (Å²) in [4.78, 5) is 18.3. The van der Waals surface area contributed by atoms with Crippen LogP contribution in [0.1, 0.15) is 46.6 Å². The van der Waals surface area contributed by atoms with Crippen LogP contribution in [0.5, 0.6) is 5.75 Å². The minimum atomic E-state index is -4.14. The summed E-state index contributed by atoms with van der Waals surface area (Å²) >= 11 is 0. The SMILES string of the molecule is CCC(C)ON(CC(O)C(Cc1ccccc1)NC(=O)OC(C)(C)C)S(=O)(=O)c1ccc(OC)cc1. The van der Waals surface area contributed by atoms with Gasteiger partial charge in [0.2, 0.25) is 0 Å².